The Bertz CT molecular complexity index is 901. The number of carboxylic acid groups (broad SMARTS) is 1. The van der Waals surface area contributed by atoms with Crippen molar-refractivity contribution in [3.05, 3.63) is 52.5 Å². The van der Waals surface area contributed by atoms with Crippen LogP contribution in [0.25, 0.3) is 0 Å². The maximum Gasteiger partial charge on any atom is 0.327 e. The fourth-order valence-electron chi connectivity index (χ4n) is 2.20. The summed E-state index contributed by atoms with van der Waals surface area (Å²) < 4.78 is 32.1. The lowest BCUT2D eigenvalue weighted by atomic mass is 10.2. The Labute approximate surface area is 155 Å². The second-order valence-electron chi connectivity index (χ2n) is 5.09. The molecule has 0 aromatic heterocycles. The maximum atomic E-state index is 13.1. The average molecular weight is 404 g/mol. The number of carbonyl (C=O) groups is 1. The molecule has 25 heavy (non-hydrogen) atoms. The molecule has 2 aromatic carbocycles. The van der Waals surface area contributed by atoms with E-state index >= 15 is 0 Å². The lowest BCUT2D eigenvalue weighted by Gasteiger charge is -2.28. The molecule has 0 aliphatic carbocycles. The van der Waals surface area contributed by atoms with Gasteiger partial charge >= 0.3 is 5.97 Å². The highest BCUT2D eigenvalue weighted by Crippen LogP contribution is 2.33. The molecule has 0 amide bonds. The smallest absolute Gasteiger partial charge is 0.327 e. The second-order valence-corrected chi connectivity index (χ2v) is 7.72. The number of hydrogen-bond donors (Lipinski definition) is 1. The van der Waals surface area contributed by atoms with Gasteiger partial charge in [-0.1, -0.05) is 29.3 Å². The zero-order valence-corrected chi connectivity index (χ0v) is 15.6. The summed E-state index contributed by atoms with van der Waals surface area (Å²) >= 11 is 11.9. The van der Waals surface area contributed by atoms with Crippen LogP contribution in [-0.4, -0.2) is 32.6 Å². The van der Waals surface area contributed by atoms with Gasteiger partial charge in [-0.25, -0.2) is 13.2 Å². The molecule has 0 aliphatic rings. The standard InChI is InChI=1S/C16H15Cl2NO5S/c1-10(16(20)21)19(12-4-3-5-13(9-12)24-2)25(22,23)15-8-11(17)6-7-14(15)18/h3-10H,1-2H3,(H,20,21). The summed E-state index contributed by atoms with van der Waals surface area (Å²) in [6.45, 7) is 1.26. The van der Waals surface area contributed by atoms with Crippen molar-refractivity contribution in [3.63, 3.8) is 0 Å². The van der Waals surface area contributed by atoms with Crippen LogP contribution in [0.15, 0.2) is 47.4 Å². The van der Waals surface area contributed by atoms with Gasteiger partial charge in [0.05, 0.1) is 17.8 Å². The van der Waals surface area contributed by atoms with Gasteiger partial charge in [0.1, 0.15) is 16.7 Å². The van der Waals surface area contributed by atoms with Crippen LogP contribution in [0.1, 0.15) is 6.92 Å². The van der Waals surface area contributed by atoms with E-state index in [1.807, 2.05) is 0 Å². The van der Waals surface area contributed by atoms with Crippen molar-refractivity contribution in [2.75, 3.05) is 11.4 Å². The molecule has 0 fully saturated rings. The minimum absolute atomic E-state index is 0.0603. The monoisotopic (exact) mass is 403 g/mol. The molecule has 134 valence electrons. The first-order chi connectivity index (χ1) is 11.7. The molecule has 2 aromatic rings. The Morgan fingerprint density at radius 3 is 2.48 bits per heavy atom. The van der Waals surface area contributed by atoms with Crippen molar-refractivity contribution in [1.29, 1.82) is 0 Å². The maximum absolute atomic E-state index is 13.1. The van der Waals surface area contributed by atoms with E-state index in [0.717, 1.165) is 4.31 Å². The molecule has 1 unspecified atom stereocenters. The lowest BCUT2D eigenvalue weighted by molar-refractivity contribution is -0.137. The van der Waals surface area contributed by atoms with Crippen LogP contribution in [0.5, 0.6) is 5.75 Å². The Balaban J connectivity index is 2.70. The van der Waals surface area contributed by atoms with E-state index in [-0.39, 0.29) is 20.6 Å². The van der Waals surface area contributed by atoms with Crippen molar-refractivity contribution in [3.8, 4) is 5.75 Å². The number of aliphatic carboxylic acids is 1. The molecule has 0 bridgehead atoms. The van der Waals surface area contributed by atoms with Gasteiger partial charge in [0.2, 0.25) is 0 Å². The van der Waals surface area contributed by atoms with Gasteiger partial charge in [-0.05, 0) is 37.3 Å². The Kier molecular flexibility index (Phi) is 5.82. The molecule has 2 rings (SSSR count). The summed E-state index contributed by atoms with van der Waals surface area (Å²) in [6.07, 6.45) is 0. The fraction of sp³-hybridized carbons (Fsp3) is 0.188. The Morgan fingerprint density at radius 1 is 1.20 bits per heavy atom. The van der Waals surface area contributed by atoms with E-state index < -0.39 is 22.0 Å². The van der Waals surface area contributed by atoms with Gasteiger partial charge in [-0.2, -0.15) is 0 Å². The molecule has 9 heteroatoms. The van der Waals surface area contributed by atoms with Crippen LogP contribution >= 0.6 is 23.2 Å². The van der Waals surface area contributed by atoms with Gasteiger partial charge in [0.15, 0.2) is 0 Å². The SMILES string of the molecule is COc1cccc(N(C(C)C(=O)O)S(=O)(=O)c2cc(Cl)ccc2Cl)c1. The number of sulfonamides is 1. The number of ether oxygens (including phenoxy) is 1. The molecule has 1 atom stereocenters. The topological polar surface area (TPSA) is 83.9 Å². The third-order valence-electron chi connectivity index (χ3n) is 3.45. The first-order valence-electron chi connectivity index (χ1n) is 7.05. The summed E-state index contributed by atoms with van der Waals surface area (Å²) in [5.74, 6) is -0.933. The largest absolute Gasteiger partial charge is 0.497 e. The Hall–Kier alpha value is -1.96. The minimum atomic E-state index is -4.30. The van der Waals surface area contributed by atoms with Gasteiger partial charge in [-0.15, -0.1) is 0 Å². The van der Waals surface area contributed by atoms with E-state index in [9.17, 15) is 18.3 Å². The second kappa shape index (κ2) is 7.51. The van der Waals surface area contributed by atoms with E-state index in [0.29, 0.717) is 5.75 Å². The number of benzene rings is 2. The predicted octanol–water partition coefficient (Wildman–Crippen LogP) is 3.67. The summed E-state index contributed by atoms with van der Waals surface area (Å²) in [5.41, 5.74) is 0.130. The van der Waals surface area contributed by atoms with Crippen molar-refractivity contribution >= 4 is 44.9 Å². The van der Waals surface area contributed by atoms with Crippen molar-refractivity contribution in [1.82, 2.24) is 0 Å². The van der Waals surface area contributed by atoms with Crippen LogP contribution in [-0.2, 0) is 14.8 Å². The van der Waals surface area contributed by atoms with E-state index in [1.165, 1.54) is 44.4 Å². The van der Waals surface area contributed by atoms with Crippen LogP contribution < -0.4 is 9.04 Å². The zero-order chi connectivity index (χ0) is 18.8. The quantitative estimate of drug-likeness (QED) is 0.794. The van der Waals surface area contributed by atoms with E-state index in [4.69, 9.17) is 27.9 Å². The number of nitrogens with zero attached hydrogens (tertiary/aromatic N) is 1. The summed E-state index contributed by atoms with van der Waals surface area (Å²) in [7, 11) is -2.87. The van der Waals surface area contributed by atoms with Crippen LogP contribution in [0.3, 0.4) is 0 Å². The molecule has 0 heterocycles. The van der Waals surface area contributed by atoms with Crippen molar-refractivity contribution in [2.45, 2.75) is 17.9 Å². The molecular weight excluding hydrogens is 389 g/mol. The van der Waals surface area contributed by atoms with Gasteiger partial charge < -0.3 is 9.84 Å². The zero-order valence-electron chi connectivity index (χ0n) is 13.3. The first-order valence-corrected chi connectivity index (χ1v) is 9.24. The third kappa shape index (κ3) is 4.00. The molecule has 0 spiro atoms. The lowest BCUT2D eigenvalue weighted by Crippen LogP contribution is -2.43. The number of methoxy groups -OCH3 is 1. The highest BCUT2D eigenvalue weighted by Gasteiger charge is 2.35. The Morgan fingerprint density at radius 2 is 1.88 bits per heavy atom. The summed E-state index contributed by atoms with van der Waals surface area (Å²) in [6, 6.07) is 8.66. The number of rotatable bonds is 6. The van der Waals surface area contributed by atoms with Crippen molar-refractivity contribution < 1.29 is 23.1 Å². The molecule has 0 radical (unpaired) electrons. The first kappa shape index (κ1) is 19.4. The number of anilines is 1. The fourth-order valence-corrected chi connectivity index (χ4v) is 4.55. The van der Waals surface area contributed by atoms with Crippen LogP contribution in [0.2, 0.25) is 10.0 Å². The number of carboxylic acids is 1. The van der Waals surface area contributed by atoms with E-state index in [1.54, 1.807) is 12.1 Å². The summed E-state index contributed by atoms with van der Waals surface area (Å²) in [4.78, 5) is 11.2. The van der Waals surface area contributed by atoms with Gasteiger partial charge in [0, 0.05) is 11.1 Å². The molecular formula is C16H15Cl2NO5S. The predicted molar refractivity (Wildman–Crippen MR) is 96.2 cm³/mol. The average Bonchev–Trinajstić information content (AvgIpc) is 2.57. The molecule has 6 nitrogen and oxygen atoms in total. The van der Waals surface area contributed by atoms with Crippen molar-refractivity contribution in [2.24, 2.45) is 0 Å². The number of hydrogen-bond acceptors (Lipinski definition) is 4. The molecule has 0 saturated heterocycles. The minimum Gasteiger partial charge on any atom is -0.497 e. The highest BCUT2D eigenvalue weighted by atomic mass is 35.5. The molecule has 0 saturated carbocycles. The van der Waals surface area contributed by atoms with Gasteiger partial charge in [-0.3, -0.25) is 4.31 Å². The van der Waals surface area contributed by atoms with Crippen LogP contribution in [0.4, 0.5) is 5.69 Å². The normalized spacial score (nSPS) is 12.5. The highest BCUT2D eigenvalue weighted by molar-refractivity contribution is 7.93. The molecule has 1 N–H and O–H groups in total. The summed E-state index contributed by atoms with van der Waals surface area (Å²) in [5, 5.41) is 9.48. The van der Waals surface area contributed by atoms with Crippen LogP contribution in [0, 0.1) is 0 Å². The van der Waals surface area contributed by atoms with E-state index in [2.05, 4.69) is 0 Å². The van der Waals surface area contributed by atoms with Gasteiger partial charge in [0.25, 0.3) is 10.0 Å². The third-order valence-corrected chi connectivity index (χ3v) is 6.06. The number of halogens is 2. The molecule has 0 aliphatic heterocycles.